The Bertz CT molecular complexity index is 244. The van der Waals surface area contributed by atoms with Gasteiger partial charge in [0.25, 0.3) is 0 Å². The molecule has 0 aromatic heterocycles. The Balaban J connectivity index is 2.67. The Morgan fingerprint density at radius 2 is 2.29 bits per heavy atom. The van der Waals surface area contributed by atoms with E-state index >= 15 is 0 Å². The van der Waals surface area contributed by atoms with E-state index in [2.05, 4.69) is 0 Å². The third-order valence-electron chi connectivity index (χ3n) is 2.48. The molecule has 14 heavy (non-hydrogen) atoms. The fourth-order valence-electron chi connectivity index (χ4n) is 1.32. The van der Waals surface area contributed by atoms with Crippen molar-refractivity contribution >= 4 is 23.6 Å². The summed E-state index contributed by atoms with van der Waals surface area (Å²) >= 11 is 1.50. The van der Waals surface area contributed by atoms with E-state index in [9.17, 15) is 9.59 Å². The van der Waals surface area contributed by atoms with Crippen LogP contribution in [0.4, 0.5) is 0 Å². The van der Waals surface area contributed by atoms with Crippen molar-refractivity contribution in [2.75, 3.05) is 11.6 Å². The molecule has 0 unspecified atom stereocenters. The summed E-state index contributed by atoms with van der Waals surface area (Å²) in [6.07, 6.45) is 0.756. The van der Waals surface area contributed by atoms with Crippen LogP contribution in [0, 0.1) is 5.92 Å². The molecule has 4 nitrogen and oxygen atoms in total. The molecule has 5 heteroatoms. The molecule has 1 aliphatic heterocycles. The number of carbonyl (C=O) groups is 2. The quantitative estimate of drug-likeness (QED) is 0.766. The third-order valence-corrected chi connectivity index (χ3v) is 3.50. The van der Waals surface area contributed by atoms with Crippen LogP contribution in [0.25, 0.3) is 0 Å². The van der Waals surface area contributed by atoms with E-state index in [1.165, 1.54) is 16.7 Å². The smallest absolute Gasteiger partial charge is 0.327 e. The number of hydrogen-bond donors (Lipinski definition) is 1. The predicted octanol–water partition coefficient (Wildman–Crippen LogP) is 1.02. The summed E-state index contributed by atoms with van der Waals surface area (Å²) in [5, 5.41) is 8.88. The molecular formula is C9H15NO3S. The minimum Gasteiger partial charge on any atom is -0.480 e. The van der Waals surface area contributed by atoms with E-state index in [4.69, 9.17) is 5.11 Å². The number of aliphatic carboxylic acids is 1. The van der Waals surface area contributed by atoms with Crippen molar-refractivity contribution in [1.82, 2.24) is 4.90 Å². The van der Waals surface area contributed by atoms with Gasteiger partial charge in [0.2, 0.25) is 5.91 Å². The summed E-state index contributed by atoms with van der Waals surface area (Å²) in [7, 11) is 0. The molecule has 1 amide bonds. The van der Waals surface area contributed by atoms with Gasteiger partial charge in [-0.15, -0.1) is 11.8 Å². The van der Waals surface area contributed by atoms with Crippen LogP contribution in [0.1, 0.15) is 20.3 Å². The highest BCUT2D eigenvalue weighted by Gasteiger charge is 2.35. The fourth-order valence-corrected chi connectivity index (χ4v) is 2.48. The molecule has 1 fully saturated rings. The summed E-state index contributed by atoms with van der Waals surface area (Å²) < 4.78 is 0. The monoisotopic (exact) mass is 217 g/mol. The second-order valence-electron chi connectivity index (χ2n) is 3.47. The first-order valence-electron chi connectivity index (χ1n) is 4.69. The first-order valence-corrected chi connectivity index (χ1v) is 5.84. The fraction of sp³-hybridized carbons (Fsp3) is 0.778. The first-order chi connectivity index (χ1) is 6.57. The number of rotatable bonds is 3. The minimum absolute atomic E-state index is 0.0371. The SMILES string of the molecule is CC[C@@H](C)C(=O)N1CSC[C@@H]1C(=O)O. The predicted molar refractivity (Wildman–Crippen MR) is 55.0 cm³/mol. The lowest BCUT2D eigenvalue weighted by atomic mass is 10.1. The van der Waals surface area contributed by atoms with Crippen LogP contribution >= 0.6 is 11.8 Å². The molecule has 2 atom stereocenters. The van der Waals surface area contributed by atoms with Gasteiger partial charge in [-0.2, -0.15) is 0 Å². The molecule has 80 valence electrons. The molecule has 0 radical (unpaired) electrons. The zero-order valence-corrected chi connectivity index (χ0v) is 9.21. The molecule has 0 aromatic rings. The second kappa shape index (κ2) is 4.68. The lowest BCUT2D eigenvalue weighted by Crippen LogP contribution is -2.43. The number of nitrogens with zero attached hydrogens (tertiary/aromatic N) is 1. The van der Waals surface area contributed by atoms with Gasteiger partial charge < -0.3 is 10.0 Å². The number of carboxylic acids is 1. The summed E-state index contributed by atoms with van der Waals surface area (Å²) in [4.78, 5) is 24.0. The Labute approximate surface area is 87.7 Å². The maximum absolute atomic E-state index is 11.7. The van der Waals surface area contributed by atoms with E-state index in [-0.39, 0.29) is 11.8 Å². The number of carboxylic acid groups (broad SMARTS) is 1. The topological polar surface area (TPSA) is 57.6 Å². The van der Waals surface area contributed by atoms with Gasteiger partial charge in [0.1, 0.15) is 6.04 Å². The molecular weight excluding hydrogens is 202 g/mol. The lowest BCUT2D eigenvalue weighted by Gasteiger charge is -2.23. The van der Waals surface area contributed by atoms with Crippen molar-refractivity contribution in [3.05, 3.63) is 0 Å². The maximum Gasteiger partial charge on any atom is 0.327 e. The number of thioether (sulfide) groups is 1. The van der Waals surface area contributed by atoms with Gasteiger partial charge in [0.05, 0.1) is 5.88 Å². The zero-order valence-electron chi connectivity index (χ0n) is 8.40. The van der Waals surface area contributed by atoms with Gasteiger partial charge >= 0.3 is 5.97 Å². The molecule has 0 saturated carbocycles. The molecule has 1 saturated heterocycles. The summed E-state index contributed by atoms with van der Waals surface area (Å²) in [6, 6.07) is -0.624. The summed E-state index contributed by atoms with van der Waals surface area (Å²) in [5.74, 6) is 0.0181. The van der Waals surface area contributed by atoms with Gasteiger partial charge in [-0.3, -0.25) is 4.79 Å². The van der Waals surface area contributed by atoms with Crippen molar-refractivity contribution < 1.29 is 14.7 Å². The molecule has 0 aromatic carbocycles. The summed E-state index contributed by atoms with van der Waals surface area (Å²) in [5.41, 5.74) is 0. The van der Waals surface area contributed by atoms with Crippen LogP contribution < -0.4 is 0 Å². The zero-order chi connectivity index (χ0) is 10.7. The maximum atomic E-state index is 11.7. The number of hydrogen-bond acceptors (Lipinski definition) is 3. The van der Waals surface area contributed by atoms with E-state index < -0.39 is 12.0 Å². The largest absolute Gasteiger partial charge is 0.480 e. The molecule has 1 rings (SSSR count). The Morgan fingerprint density at radius 3 is 2.79 bits per heavy atom. The highest BCUT2D eigenvalue weighted by atomic mass is 32.2. The van der Waals surface area contributed by atoms with Crippen molar-refractivity contribution in [3.8, 4) is 0 Å². The van der Waals surface area contributed by atoms with Gasteiger partial charge in [-0.1, -0.05) is 13.8 Å². The first kappa shape index (κ1) is 11.4. The van der Waals surface area contributed by atoms with Gasteiger partial charge in [-0.25, -0.2) is 4.79 Å². The van der Waals surface area contributed by atoms with Crippen LogP contribution in [0.5, 0.6) is 0 Å². The number of amides is 1. The molecule has 0 aliphatic carbocycles. The molecule has 0 spiro atoms. The Hall–Kier alpha value is -0.710. The molecule has 1 heterocycles. The average molecular weight is 217 g/mol. The standard InChI is InChI=1S/C9H15NO3S/c1-3-6(2)8(11)10-5-14-4-7(10)9(12)13/h6-7H,3-5H2,1-2H3,(H,12,13)/t6-,7-/m1/s1. The van der Waals surface area contributed by atoms with Gasteiger partial charge in [0, 0.05) is 11.7 Å². The van der Waals surface area contributed by atoms with Crippen LogP contribution in [0.3, 0.4) is 0 Å². The van der Waals surface area contributed by atoms with E-state index in [1.807, 2.05) is 13.8 Å². The highest BCUT2D eigenvalue weighted by Crippen LogP contribution is 2.23. The normalized spacial score (nSPS) is 23.6. The van der Waals surface area contributed by atoms with E-state index in [1.54, 1.807) is 0 Å². The highest BCUT2D eigenvalue weighted by molar-refractivity contribution is 7.99. The average Bonchev–Trinajstić information content (AvgIpc) is 2.63. The van der Waals surface area contributed by atoms with Crippen molar-refractivity contribution in [2.45, 2.75) is 26.3 Å². The van der Waals surface area contributed by atoms with Crippen LogP contribution in [-0.2, 0) is 9.59 Å². The second-order valence-corrected chi connectivity index (χ2v) is 4.47. The Kier molecular flexibility index (Phi) is 3.80. The van der Waals surface area contributed by atoms with Gasteiger partial charge in [0.15, 0.2) is 0 Å². The van der Waals surface area contributed by atoms with Crippen molar-refractivity contribution in [3.63, 3.8) is 0 Å². The molecule has 1 N–H and O–H groups in total. The lowest BCUT2D eigenvalue weighted by molar-refractivity contribution is -0.149. The number of carbonyl (C=O) groups excluding carboxylic acids is 1. The van der Waals surface area contributed by atoms with Crippen LogP contribution in [-0.4, -0.2) is 39.6 Å². The third kappa shape index (κ3) is 2.20. The Morgan fingerprint density at radius 1 is 1.64 bits per heavy atom. The molecule has 1 aliphatic rings. The van der Waals surface area contributed by atoms with E-state index in [0.29, 0.717) is 11.6 Å². The molecule has 0 bridgehead atoms. The van der Waals surface area contributed by atoms with E-state index in [0.717, 1.165) is 6.42 Å². The van der Waals surface area contributed by atoms with Crippen LogP contribution in [0.15, 0.2) is 0 Å². The van der Waals surface area contributed by atoms with Crippen LogP contribution in [0.2, 0.25) is 0 Å². The van der Waals surface area contributed by atoms with Gasteiger partial charge in [-0.05, 0) is 6.42 Å². The minimum atomic E-state index is -0.897. The summed E-state index contributed by atoms with van der Waals surface area (Å²) in [6.45, 7) is 3.77. The van der Waals surface area contributed by atoms with Crippen molar-refractivity contribution in [2.24, 2.45) is 5.92 Å². The van der Waals surface area contributed by atoms with Crippen molar-refractivity contribution in [1.29, 1.82) is 0 Å².